The first-order chi connectivity index (χ1) is 15.5. The largest absolute Gasteiger partial charge is 0.508 e. The van der Waals surface area contributed by atoms with Crippen LogP contribution < -0.4 is 27.8 Å². The van der Waals surface area contributed by atoms with Crippen molar-refractivity contribution in [1.29, 1.82) is 0 Å². The number of carbonyl (C=O) groups excluding carboxylic acids is 2. The van der Waals surface area contributed by atoms with E-state index in [9.17, 15) is 29.4 Å². The molecule has 11 N–H and O–H groups in total. The zero-order valence-electron chi connectivity index (χ0n) is 17.9. The first kappa shape index (κ1) is 27.2. The minimum absolute atomic E-state index is 0.00574. The Bertz CT molecular complexity index is 855. The van der Waals surface area contributed by atoms with E-state index in [2.05, 4.69) is 15.6 Å². The van der Waals surface area contributed by atoms with E-state index in [-0.39, 0.29) is 50.4 Å². The van der Waals surface area contributed by atoms with Crippen molar-refractivity contribution in [2.24, 2.45) is 22.2 Å². The van der Waals surface area contributed by atoms with Crippen molar-refractivity contribution in [3.05, 3.63) is 29.8 Å². The molecule has 0 saturated heterocycles. The number of nitrogens with one attached hydrogen (secondary N) is 2. The van der Waals surface area contributed by atoms with Crippen molar-refractivity contribution >= 4 is 29.7 Å². The molecule has 3 unspecified atom stereocenters. The highest BCUT2D eigenvalue weighted by Crippen LogP contribution is 2.12. The average Bonchev–Trinajstić information content (AvgIpc) is 2.74. The van der Waals surface area contributed by atoms with Gasteiger partial charge in [0.15, 0.2) is 5.96 Å². The van der Waals surface area contributed by atoms with E-state index in [4.69, 9.17) is 22.3 Å². The van der Waals surface area contributed by atoms with Crippen LogP contribution in [0.2, 0.25) is 0 Å². The number of benzene rings is 1. The maximum Gasteiger partial charge on any atom is 0.326 e. The first-order valence-corrected chi connectivity index (χ1v) is 10.1. The van der Waals surface area contributed by atoms with E-state index >= 15 is 0 Å². The number of carbonyl (C=O) groups is 4. The van der Waals surface area contributed by atoms with Gasteiger partial charge in [0.2, 0.25) is 11.8 Å². The van der Waals surface area contributed by atoms with Gasteiger partial charge in [0, 0.05) is 19.4 Å². The van der Waals surface area contributed by atoms with Gasteiger partial charge in [-0.3, -0.25) is 19.4 Å². The molecule has 0 aliphatic heterocycles. The molecule has 0 aliphatic rings. The smallest absolute Gasteiger partial charge is 0.326 e. The van der Waals surface area contributed by atoms with E-state index in [1.54, 1.807) is 0 Å². The molecule has 33 heavy (non-hydrogen) atoms. The minimum Gasteiger partial charge on any atom is -0.508 e. The lowest BCUT2D eigenvalue weighted by Gasteiger charge is -2.23. The number of guanidine groups is 1. The molecule has 0 saturated carbocycles. The maximum absolute atomic E-state index is 12.9. The van der Waals surface area contributed by atoms with Crippen LogP contribution in [0.4, 0.5) is 0 Å². The van der Waals surface area contributed by atoms with Gasteiger partial charge in [-0.15, -0.1) is 0 Å². The second kappa shape index (κ2) is 13.5. The summed E-state index contributed by atoms with van der Waals surface area (Å²) in [4.78, 5) is 51.3. The summed E-state index contributed by atoms with van der Waals surface area (Å²) in [5.41, 5.74) is 16.7. The number of phenols is 1. The summed E-state index contributed by atoms with van der Waals surface area (Å²) in [6, 6.07) is 2.24. The number of aromatic hydroxyl groups is 1. The van der Waals surface area contributed by atoms with Crippen molar-refractivity contribution in [1.82, 2.24) is 10.6 Å². The lowest BCUT2D eigenvalue weighted by molar-refractivity contribution is -0.142. The lowest BCUT2D eigenvalue weighted by Crippen LogP contribution is -2.55. The Labute approximate surface area is 190 Å². The Morgan fingerprint density at radius 1 is 0.939 bits per heavy atom. The third kappa shape index (κ3) is 10.8. The summed E-state index contributed by atoms with van der Waals surface area (Å²) in [6.07, 6.45) is -0.179. The summed E-state index contributed by atoms with van der Waals surface area (Å²) in [7, 11) is 0. The van der Waals surface area contributed by atoms with Crippen molar-refractivity contribution in [2.45, 2.75) is 50.2 Å². The molecule has 0 aliphatic carbocycles. The van der Waals surface area contributed by atoms with Crippen molar-refractivity contribution < 1.29 is 34.5 Å². The number of nitrogens with zero attached hydrogens (tertiary/aromatic N) is 1. The van der Waals surface area contributed by atoms with Crippen LogP contribution in [0.5, 0.6) is 5.75 Å². The summed E-state index contributed by atoms with van der Waals surface area (Å²) < 4.78 is 0. The molecule has 0 aromatic heterocycles. The number of amides is 2. The lowest BCUT2D eigenvalue weighted by atomic mass is 10.0. The summed E-state index contributed by atoms with van der Waals surface area (Å²) in [6.45, 7) is 0.175. The fourth-order valence-corrected chi connectivity index (χ4v) is 2.80. The molecular formula is C20H30N6O7. The number of hydrogen-bond acceptors (Lipinski definition) is 7. The third-order valence-corrected chi connectivity index (χ3v) is 4.57. The normalized spacial score (nSPS) is 13.2. The van der Waals surface area contributed by atoms with Crippen molar-refractivity contribution in [2.75, 3.05) is 6.54 Å². The number of nitrogens with two attached hydrogens (primary N) is 3. The molecule has 13 heteroatoms. The second-order valence-corrected chi connectivity index (χ2v) is 7.32. The fraction of sp³-hybridized carbons (Fsp3) is 0.450. The molecule has 0 heterocycles. The van der Waals surface area contributed by atoms with E-state index in [0.717, 1.165) is 0 Å². The average molecular weight is 466 g/mol. The Balaban J connectivity index is 2.92. The topological polar surface area (TPSA) is 243 Å². The van der Waals surface area contributed by atoms with Crippen LogP contribution in [0.25, 0.3) is 0 Å². The summed E-state index contributed by atoms with van der Waals surface area (Å²) in [5, 5.41) is 32.5. The van der Waals surface area contributed by atoms with Crippen LogP contribution in [0.1, 0.15) is 31.2 Å². The number of rotatable bonds is 14. The zero-order chi connectivity index (χ0) is 25.0. The van der Waals surface area contributed by atoms with Crippen LogP contribution >= 0.6 is 0 Å². The van der Waals surface area contributed by atoms with E-state index < -0.39 is 41.9 Å². The van der Waals surface area contributed by atoms with Crippen LogP contribution in [-0.4, -0.2) is 69.7 Å². The van der Waals surface area contributed by atoms with E-state index in [1.165, 1.54) is 24.3 Å². The van der Waals surface area contributed by atoms with Gasteiger partial charge in [-0.25, -0.2) is 4.79 Å². The van der Waals surface area contributed by atoms with Crippen LogP contribution in [0.15, 0.2) is 29.3 Å². The molecule has 1 aromatic carbocycles. The predicted molar refractivity (Wildman–Crippen MR) is 118 cm³/mol. The summed E-state index contributed by atoms with van der Waals surface area (Å²) in [5.74, 6) is -4.05. The summed E-state index contributed by atoms with van der Waals surface area (Å²) >= 11 is 0. The van der Waals surface area contributed by atoms with Gasteiger partial charge < -0.3 is 43.2 Å². The zero-order valence-corrected chi connectivity index (χ0v) is 17.9. The number of aliphatic imine (C=N–C) groups is 1. The van der Waals surface area contributed by atoms with Crippen LogP contribution in [0.3, 0.4) is 0 Å². The third-order valence-electron chi connectivity index (χ3n) is 4.57. The molecule has 3 atom stereocenters. The molecule has 1 rings (SSSR count). The molecule has 13 nitrogen and oxygen atoms in total. The minimum atomic E-state index is -1.28. The maximum atomic E-state index is 12.9. The number of aliphatic carboxylic acids is 2. The van der Waals surface area contributed by atoms with Gasteiger partial charge in [-0.1, -0.05) is 12.1 Å². The Hall–Kier alpha value is -3.87. The SMILES string of the molecule is NC(N)=NCCCC(NC(=O)C(Cc1ccc(O)cc1)NC(=O)C(N)CCC(=O)O)C(=O)O. The number of hydrogen-bond donors (Lipinski definition) is 8. The number of phenolic OH excluding ortho intramolecular Hbond substituents is 1. The van der Waals surface area contributed by atoms with Crippen LogP contribution in [0, 0.1) is 0 Å². The monoisotopic (exact) mass is 466 g/mol. The molecule has 0 bridgehead atoms. The molecular weight excluding hydrogens is 436 g/mol. The van der Waals surface area contributed by atoms with Gasteiger partial charge >= 0.3 is 11.9 Å². The molecule has 2 amide bonds. The van der Waals surface area contributed by atoms with Gasteiger partial charge in [0.25, 0.3) is 0 Å². The molecule has 0 spiro atoms. The van der Waals surface area contributed by atoms with Crippen molar-refractivity contribution in [3.63, 3.8) is 0 Å². The second-order valence-electron chi connectivity index (χ2n) is 7.32. The van der Waals surface area contributed by atoms with Gasteiger partial charge in [0.1, 0.15) is 17.8 Å². The Morgan fingerprint density at radius 2 is 1.55 bits per heavy atom. The van der Waals surface area contributed by atoms with E-state index in [0.29, 0.717) is 5.56 Å². The quantitative estimate of drug-likeness (QED) is 0.0871. The van der Waals surface area contributed by atoms with Crippen molar-refractivity contribution in [3.8, 4) is 5.75 Å². The van der Waals surface area contributed by atoms with Crippen LogP contribution in [-0.2, 0) is 25.6 Å². The highest BCUT2D eigenvalue weighted by atomic mass is 16.4. The highest BCUT2D eigenvalue weighted by molar-refractivity contribution is 5.92. The van der Waals surface area contributed by atoms with E-state index in [1.807, 2.05) is 0 Å². The van der Waals surface area contributed by atoms with Gasteiger partial charge in [0.05, 0.1) is 6.04 Å². The molecule has 182 valence electrons. The molecule has 1 aromatic rings. The first-order valence-electron chi connectivity index (χ1n) is 10.1. The number of carboxylic acid groups (broad SMARTS) is 2. The predicted octanol–water partition coefficient (Wildman–Crippen LogP) is -1.77. The standard InChI is InChI=1S/C20H30N6O7/c21-13(7-8-16(28)29)17(30)26-15(10-11-3-5-12(27)6-4-11)18(31)25-14(19(32)33)2-1-9-24-20(22)23/h3-6,13-15,27H,1-2,7-10,21H2,(H,25,31)(H,26,30)(H,28,29)(H,32,33)(H4,22,23,24). The fourth-order valence-electron chi connectivity index (χ4n) is 2.80. The van der Waals surface area contributed by atoms with Gasteiger partial charge in [-0.2, -0.15) is 0 Å². The highest BCUT2D eigenvalue weighted by Gasteiger charge is 2.28. The molecule has 0 radical (unpaired) electrons. The van der Waals surface area contributed by atoms with Gasteiger partial charge in [-0.05, 0) is 37.0 Å². The Kier molecular flexibility index (Phi) is 11.1. The molecule has 0 fully saturated rings. The Morgan fingerprint density at radius 3 is 2.09 bits per heavy atom. The number of carboxylic acids is 2.